The molecule has 3 heteroatoms. The van der Waals surface area contributed by atoms with Gasteiger partial charge in [-0.15, -0.1) is 0 Å². The van der Waals surface area contributed by atoms with Crippen molar-refractivity contribution in [1.29, 1.82) is 0 Å². The van der Waals surface area contributed by atoms with Crippen LogP contribution in [0.1, 0.15) is 24.8 Å². The average molecular weight is 248 g/mol. The van der Waals surface area contributed by atoms with E-state index >= 15 is 0 Å². The van der Waals surface area contributed by atoms with Crippen molar-refractivity contribution in [2.45, 2.75) is 31.8 Å². The molecule has 18 heavy (non-hydrogen) atoms. The Kier molecular flexibility index (Phi) is 4.02. The van der Waals surface area contributed by atoms with E-state index < -0.39 is 5.41 Å². The molecule has 0 N–H and O–H groups in total. The molecule has 1 aliphatic carbocycles. The molecule has 2 atom stereocenters. The molecule has 0 amide bonds. The summed E-state index contributed by atoms with van der Waals surface area (Å²) in [5.74, 6) is -0.143. The fraction of sp³-hybridized carbons (Fsp3) is 0.533. The summed E-state index contributed by atoms with van der Waals surface area (Å²) < 4.78 is 10.5. The highest BCUT2D eigenvalue weighted by atomic mass is 16.5. The lowest BCUT2D eigenvalue weighted by Gasteiger charge is -2.31. The fourth-order valence-corrected chi connectivity index (χ4v) is 3.05. The monoisotopic (exact) mass is 248 g/mol. The molecule has 0 aliphatic heterocycles. The zero-order chi connectivity index (χ0) is 13.0. The summed E-state index contributed by atoms with van der Waals surface area (Å²) in [6, 6.07) is 10.1. The fourth-order valence-electron chi connectivity index (χ4n) is 3.05. The van der Waals surface area contributed by atoms with Crippen LogP contribution in [-0.2, 0) is 20.7 Å². The van der Waals surface area contributed by atoms with Crippen LogP contribution in [0, 0.1) is 5.41 Å². The molecule has 1 fully saturated rings. The number of methoxy groups -OCH3 is 2. The lowest BCUT2D eigenvalue weighted by atomic mass is 9.78. The molecular formula is C15H20O3. The van der Waals surface area contributed by atoms with E-state index in [4.69, 9.17) is 9.47 Å². The second kappa shape index (κ2) is 5.53. The summed E-state index contributed by atoms with van der Waals surface area (Å²) >= 11 is 0. The van der Waals surface area contributed by atoms with Gasteiger partial charge in [0.2, 0.25) is 0 Å². The van der Waals surface area contributed by atoms with Gasteiger partial charge in [0.05, 0.1) is 18.6 Å². The minimum Gasteiger partial charge on any atom is -0.469 e. The topological polar surface area (TPSA) is 35.5 Å². The Morgan fingerprint density at radius 3 is 2.67 bits per heavy atom. The maximum absolute atomic E-state index is 12.2. The molecule has 1 aliphatic rings. The zero-order valence-electron chi connectivity index (χ0n) is 11.0. The van der Waals surface area contributed by atoms with Gasteiger partial charge in [-0.05, 0) is 31.2 Å². The minimum atomic E-state index is -0.509. The number of carbonyl (C=O) groups excluding carboxylic acids is 1. The smallest absolute Gasteiger partial charge is 0.314 e. The van der Waals surface area contributed by atoms with Crippen molar-refractivity contribution in [1.82, 2.24) is 0 Å². The highest BCUT2D eigenvalue weighted by molar-refractivity contribution is 5.78. The molecule has 0 bridgehead atoms. The van der Waals surface area contributed by atoms with E-state index in [1.807, 2.05) is 18.2 Å². The van der Waals surface area contributed by atoms with Gasteiger partial charge in [0.1, 0.15) is 0 Å². The summed E-state index contributed by atoms with van der Waals surface area (Å²) in [6.07, 6.45) is 3.44. The summed E-state index contributed by atoms with van der Waals surface area (Å²) in [5, 5.41) is 0. The van der Waals surface area contributed by atoms with Gasteiger partial charge < -0.3 is 9.47 Å². The number of esters is 1. The second-order valence-corrected chi connectivity index (χ2v) is 4.93. The maximum Gasteiger partial charge on any atom is 0.314 e. The quantitative estimate of drug-likeness (QED) is 0.768. The Bertz CT molecular complexity index is 401. The Balaban J connectivity index is 2.28. The molecule has 0 radical (unpaired) electrons. The van der Waals surface area contributed by atoms with Crippen molar-refractivity contribution in [2.24, 2.45) is 5.41 Å². The number of ether oxygens (including phenoxy) is 2. The van der Waals surface area contributed by atoms with E-state index in [0.717, 1.165) is 24.8 Å². The largest absolute Gasteiger partial charge is 0.469 e. The third-order valence-electron chi connectivity index (χ3n) is 3.94. The number of hydrogen-bond acceptors (Lipinski definition) is 3. The van der Waals surface area contributed by atoms with E-state index in [0.29, 0.717) is 6.42 Å². The van der Waals surface area contributed by atoms with Crippen molar-refractivity contribution in [3.05, 3.63) is 35.9 Å². The zero-order valence-corrected chi connectivity index (χ0v) is 11.0. The first-order valence-electron chi connectivity index (χ1n) is 6.38. The van der Waals surface area contributed by atoms with Crippen LogP contribution in [0.4, 0.5) is 0 Å². The first kappa shape index (κ1) is 13.1. The van der Waals surface area contributed by atoms with Crippen molar-refractivity contribution in [3.8, 4) is 0 Å². The predicted octanol–water partition coefficient (Wildman–Crippen LogP) is 2.59. The number of hydrogen-bond donors (Lipinski definition) is 0. The lowest BCUT2D eigenvalue weighted by molar-refractivity contribution is -0.159. The van der Waals surface area contributed by atoms with E-state index in [2.05, 4.69) is 12.1 Å². The van der Waals surface area contributed by atoms with Crippen LogP contribution < -0.4 is 0 Å². The van der Waals surface area contributed by atoms with Crippen LogP contribution in [0.25, 0.3) is 0 Å². The number of rotatable bonds is 4. The van der Waals surface area contributed by atoms with E-state index in [9.17, 15) is 4.79 Å². The molecule has 1 saturated carbocycles. The second-order valence-electron chi connectivity index (χ2n) is 4.93. The maximum atomic E-state index is 12.2. The van der Waals surface area contributed by atoms with Crippen molar-refractivity contribution in [3.63, 3.8) is 0 Å². The van der Waals surface area contributed by atoms with Crippen LogP contribution in [0.2, 0.25) is 0 Å². The predicted molar refractivity (Wildman–Crippen MR) is 69.2 cm³/mol. The third-order valence-corrected chi connectivity index (χ3v) is 3.94. The highest BCUT2D eigenvalue weighted by Gasteiger charge is 2.50. The molecule has 1 aromatic rings. The summed E-state index contributed by atoms with van der Waals surface area (Å²) in [7, 11) is 3.14. The van der Waals surface area contributed by atoms with Crippen molar-refractivity contribution >= 4 is 5.97 Å². The Hall–Kier alpha value is -1.35. The van der Waals surface area contributed by atoms with Gasteiger partial charge in [0.15, 0.2) is 0 Å². The number of benzene rings is 1. The van der Waals surface area contributed by atoms with Crippen molar-refractivity contribution < 1.29 is 14.3 Å². The van der Waals surface area contributed by atoms with Crippen LogP contribution >= 0.6 is 0 Å². The van der Waals surface area contributed by atoms with Gasteiger partial charge in [-0.25, -0.2) is 0 Å². The van der Waals surface area contributed by atoms with Crippen LogP contribution in [0.3, 0.4) is 0 Å². The van der Waals surface area contributed by atoms with E-state index in [1.165, 1.54) is 7.11 Å². The third kappa shape index (κ3) is 2.27. The SMILES string of the molecule is COC(=O)C1(Cc2ccccc2)CCCC1OC. The Labute approximate surface area is 108 Å². The van der Waals surface area contributed by atoms with Crippen LogP contribution in [0.5, 0.6) is 0 Å². The molecule has 0 aromatic heterocycles. The van der Waals surface area contributed by atoms with Crippen LogP contribution in [0.15, 0.2) is 30.3 Å². The molecule has 98 valence electrons. The van der Waals surface area contributed by atoms with E-state index in [1.54, 1.807) is 7.11 Å². The van der Waals surface area contributed by atoms with E-state index in [-0.39, 0.29) is 12.1 Å². The summed E-state index contributed by atoms with van der Waals surface area (Å²) in [5.41, 5.74) is 0.650. The van der Waals surface area contributed by atoms with Crippen molar-refractivity contribution in [2.75, 3.05) is 14.2 Å². The van der Waals surface area contributed by atoms with Crippen LogP contribution in [-0.4, -0.2) is 26.3 Å². The lowest BCUT2D eigenvalue weighted by Crippen LogP contribution is -2.42. The highest BCUT2D eigenvalue weighted by Crippen LogP contribution is 2.43. The Morgan fingerprint density at radius 2 is 2.06 bits per heavy atom. The summed E-state index contributed by atoms with van der Waals surface area (Å²) in [6.45, 7) is 0. The molecule has 3 nitrogen and oxygen atoms in total. The minimum absolute atomic E-state index is 0.0369. The standard InChI is InChI=1S/C15H20O3/c1-17-13-9-6-10-15(13,14(16)18-2)11-12-7-4-3-5-8-12/h3-5,7-8,13H,6,9-11H2,1-2H3. The molecule has 0 saturated heterocycles. The van der Waals surface area contributed by atoms with Gasteiger partial charge in [-0.2, -0.15) is 0 Å². The molecule has 2 rings (SSSR count). The normalized spacial score (nSPS) is 27.1. The first-order valence-corrected chi connectivity index (χ1v) is 6.38. The molecule has 2 unspecified atom stereocenters. The summed E-state index contributed by atoms with van der Waals surface area (Å²) in [4.78, 5) is 12.2. The molecule has 0 heterocycles. The van der Waals surface area contributed by atoms with Gasteiger partial charge in [0, 0.05) is 7.11 Å². The average Bonchev–Trinajstić information content (AvgIpc) is 2.83. The number of carbonyl (C=O) groups is 1. The van der Waals surface area contributed by atoms with Gasteiger partial charge in [-0.1, -0.05) is 30.3 Å². The van der Waals surface area contributed by atoms with Gasteiger partial charge in [-0.3, -0.25) is 4.79 Å². The first-order chi connectivity index (χ1) is 8.73. The van der Waals surface area contributed by atoms with Gasteiger partial charge >= 0.3 is 5.97 Å². The Morgan fingerprint density at radius 1 is 1.33 bits per heavy atom. The van der Waals surface area contributed by atoms with Gasteiger partial charge in [0.25, 0.3) is 0 Å². The molecular weight excluding hydrogens is 228 g/mol. The molecule has 1 aromatic carbocycles. The molecule has 0 spiro atoms.